The van der Waals surface area contributed by atoms with E-state index in [1.165, 1.54) is 7.11 Å². The van der Waals surface area contributed by atoms with Crippen LogP contribution in [-0.2, 0) is 16.1 Å². The summed E-state index contributed by atoms with van der Waals surface area (Å²) in [7, 11) is 1.34. The predicted molar refractivity (Wildman–Crippen MR) is 110 cm³/mol. The number of amides is 1. The van der Waals surface area contributed by atoms with Gasteiger partial charge in [0.15, 0.2) is 0 Å². The normalized spacial score (nSPS) is 25.5. The summed E-state index contributed by atoms with van der Waals surface area (Å²) in [5.74, 6) is -0.403. The standard InChI is InChI=1S/C24H26FNO4/c1-29-22(27)19-9-7-18(8-10-19)21-15-24(13-20(25)14-24)11-12-26(21)23(28)30-16-17-5-3-2-4-6-17/h2-10,20-21H,11-16H2,1H3/t20?,21-,24?/m0/s1. The second-order valence-electron chi connectivity index (χ2n) is 8.32. The number of carbonyl (C=O) groups is 2. The summed E-state index contributed by atoms with van der Waals surface area (Å²) in [4.78, 5) is 26.4. The molecule has 5 nitrogen and oxygen atoms in total. The van der Waals surface area contributed by atoms with Crippen LogP contribution in [0.4, 0.5) is 9.18 Å². The SMILES string of the molecule is COC(=O)c1ccc([C@@H]2CC3(CCN2C(=O)OCc2ccccc2)CC(F)C3)cc1. The van der Waals surface area contributed by atoms with Crippen LogP contribution < -0.4 is 0 Å². The third-order valence-corrected chi connectivity index (χ3v) is 6.35. The maximum Gasteiger partial charge on any atom is 0.410 e. The van der Waals surface area contributed by atoms with Crippen LogP contribution in [0.2, 0.25) is 0 Å². The number of rotatable bonds is 4. The molecule has 2 aliphatic rings. The number of halogens is 1. The molecule has 1 atom stereocenters. The predicted octanol–water partition coefficient (Wildman–Crippen LogP) is 5.07. The molecule has 1 aliphatic carbocycles. The van der Waals surface area contributed by atoms with Gasteiger partial charge < -0.3 is 14.4 Å². The number of hydrogen-bond donors (Lipinski definition) is 0. The molecule has 30 heavy (non-hydrogen) atoms. The van der Waals surface area contributed by atoms with Crippen molar-refractivity contribution in [3.63, 3.8) is 0 Å². The molecule has 1 aliphatic heterocycles. The molecule has 0 aromatic heterocycles. The van der Waals surface area contributed by atoms with Gasteiger partial charge in [-0.1, -0.05) is 42.5 Å². The van der Waals surface area contributed by atoms with Gasteiger partial charge in [-0.15, -0.1) is 0 Å². The molecule has 1 saturated heterocycles. The zero-order chi connectivity index (χ0) is 21.1. The minimum absolute atomic E-state index is 0.0543. The van der Waals surface area contributed by atoms with Gasteiger partial charge in [0.1, 0.15) is 12.8 Å². The Balaban J connectivity index is 1.52. The molecule has 1 amide bonds. The van der Waals surface area contributed by atoms with E-state index in [9.17, 15) is 14.0 Å². The Hall–Kier alpha value is -2.89. The molecule has 6 heteroatoms. The van der Waals surface area contributed by atoms with Crippen LogP contribution in [0.3, 0.4) is 0 Å². The lowest BCUT2D eigenvalue weighted by Crippen LogP contribution is -2.50. The van der Waals surface area contributed by atoms with Gasteiger partial charge in [0.25, 0.3) is 0 Å². The fourth-order valence-electron chi connectivity index (χ4n) is 4.66. The average Bonchev–Trinajstić information content (AvgIpc) is 2.77. The van der Waals surface area contributed by atoms with Gasteiger partial charge in [0, 0.05) is 6.54 Å². The Morgan fingerprint density at radius 1 is 1.07 bits per heavy atom. The third kappa shape index (κ3) is 4.18. The Kier molecular flexibility index (Phi) is 5.75. The molecule has 2 aromatic carbocycles. The molecule has 4 rings (SSSR count). The highest BCUT2D eigenvalue weighted by atomic mass is 19.1. The number of esters is 1. The second kappa shape index (κ2) is 8.46. The van der Waals surface area contributed by atoms with E-state index >= 15 is 0 Å². The van der Waals surface area contributed by atoms with Crippen LogP contribution in [0, 0.1) is 5.41 Å². The van der Waals surface area contributed by atoms with Crippen molar-refractivity contribution in [2.24, 2.45) is 5.41 Å². The minimum atomic E-state index is -0.746. The molecular formula is C24H26FNO4. The number of carbonyl (C=O) groups excluding carboxylic acids is 2. The molecular weight excluding hydrogens is 385 g/mol. The lowest BCUT2D eigenvalue weighted by molar-refractivity contribution is -0.0510. The quantitative estimate of drug-likeness (QED) is 0.660. The lowest BCUT2D eigenvalue weighted by Gasteiger charge is -2.52. The molecule has 2 fully saturated rings. The first-order chi connectivity index (χ1) is 14.5. The highest BCUT2D eigenvalue weighted by Crippen LogP contribution is 2.55. The van der Waals surface area contributed by atoms with Gasteiger partial charge in [-0.25, -0.2) is 14.0 Å². The molecule has 0 bridgehead atoms. The van der Waals surface area contributed by atoms with Crippen molar-refractivity contribution in [1.82, 2.24) is 4.90 Å². The highest BCUT2D eigenvalue weighted by Gasteiger charge is 2.50. The first-order valence-electron chi connectivity index (χ1n) is 10.3. The summed E-state index contributed by atoms with van der Waals surface area (Å²) in [5.41, 5.74) is 2.25. The number of piperidine rings is 1. The Morgan fingerprint density at radius 3 is 2.40 bits per heavy atom. The topological polar surface area (TPSA) is 55.8 Å². The summed E-state index contributed by atoms with van der Waals surface area (Å²) in [6.45, 7) is 0.742. The number of benzene rings is 2. The number of hydrogen-bond acceptors (Lipinski definition) is 4. The number of ether oxygens (including phenoxy) is 2. The smallest absolute Gasteiger partial charge is 0.410 e. The summed E-state index contributed by atoms with van der Waals surface area (Å²) >= 11 is 0. The van der Waals surface area contributed by atoms with Crippen molar-refractivity contribution in [1.29, 1.82) is 0 Å². The first-order valence-corrected chi connectivity index (χ1v) is 10.3. The highest BCUT2D eigenvalue weighted by molar-refractivity contribution is 5.89. The molecule has 158 valence electrons. The zero-order valence-electron chi connectivity index (χ0n) is 17.1. The number of methoxy groups -OCH3 is 1. The lowest BCUT2D eigenvalue weighted by atomic mass is 9.60. The van der Waals surface area contributed by atoms with E-state index in [1.807, 2.05) is 42.5 Å². The number of nitrogens with zero attached hydrogens (tertiary/aromatic N) is 1. The maximum atomic E-state index is 13.7. The largest absolute Gasteiger partial charge is 0.465 e. The van der Waals surface area contributed by atoms with Crippen LogP contribution in [0.1, 0.15) is 53.2 Å². The number of alkyl halides is 1. The third-order valence-electron chi connectivity index (χ3n) is 6.35. The van der Waals surface area contributed by atoms with E-state index in [0.29, 0.717) is 31.4 Å². The summed E-state index contributed by atoms with van der Waals surface area (Å²) in [6, 6.07) is 16.4. The molecule has 0 radical (unpaired) electrons. The average molecular weight is 411 g/mol. The molecule has 1 spiro atoms. The minimum Gasteiger partial charge on any atom is -0.465 e. The van der Waals surface area contributed by atoms with E-state index in [-0.39, 0.29) is 24.2 Å². The van der Waals surface area contributed by atoms with E-state index in [4.69, 9.17) is 9.47 Å². The summed E-state index contributed by atoms with van der Waals surface area (Å²) < 4.78 is 24.0. The van der Waals surface area contributed by atoms with E-state index in [1.54, 1.807) is 17.0 Å². The fraction of sp³-hybridized carbons (Fsp3) is 0.417. The molecule has 1 saturated carbocycles. The van der Waals surface area contributed by atoms with Gasteiger partial charge in [-0.2, -0.15) is 0 Å². The maximum absolute atomic E-state index is 13.7. The van der Waals surface area contributed by atoms with Crippen LogP contribution in [-0.4, -0.2) is 36.8 Å². The Labute approximate surface area is 175 Å². The van der Waals surface area contributed by atoms with Crippen LogP contribution in [0.15, 0.2) is 54.6 Å². The van der Waals surface area contributed by atoms with E-state index in [2.05, 4.69) is 0 Å². The van der Waals surface area contributed by atoms with Gasteiger partial charge in [-0.05, 0) is 54.4 Å². The van der Waals surface area contributed by atoms with Gasteiger partial charge in [0.05, 0.1) is 18.7 Å². The van der Waals surface area contributed by atoms with E-state index < -0.39 is 12.1 Å². The number of likely N-dealkylation sites (tertiary alicyclic amines) is 1. The van der Waals surface area contributed by atoms with Crippen molar-refractivity contribution < 1.29 is 23.5 Å². The second-order valence-corrected chi connectivity index (χ2v) is 8.32. The molecule has 0 unspecified atom stereocenters. The molecule has 0 N–H and O–H groups in total. The monoisotopic (exact) mass is 411 g/mol. The van der Waals surface area contributed by atoms with Gasteiger partial charge in [-0.3, -0.25) is 0 Å². The van der Waals surface area contributed by atoms with Gasteiger partial charge >= 0.3 is 12.1 Å². The van der Waals surface area contributed by atoms with Crippen molar-refractivity contribution in [3.8, 4) is 0 Å². The van der Waals surface area contributed by atoms with Crippen molar-refractivity contribution >= 4 is 12.1 Å². The van der Waals surface area contributed by atoms with Crippen LogP contribution in [0.25, 0.3) is 0 Å². The van der Waals surface area contributed by atoms with E-state index in [0.717, 1.165) is 17.5 Å². The van der Waals surface area contributed by atoms with Crippen molar-refractivity contribution in [2.75, 3.05) is 13.7 Å². The summed E-state index contributed by atoms with van der Waals surface area (Å²) in [6.07, 6.45) is 1.47. The Bertz CT molecular complexity index is 893. The van der Waals surface area contributed by atoms with Crippen LogP contribution >= 0.6 is 0 Å². The van der Waals surface area contributed by atoms with Gasteiger partial charge in [0.2, 0.25) is 0 Å². The molecule has 1 heterocycles. The summed E-state index contributed by atoms with van der Waals surface area (Å²) in [5, 5.41) is 0. The zero-order valence-corrected chi connectivity index (χ0v) is 17.1. The molecule has 2 aromatic rings. The van der Waals surface area contributed by atoms with Crippen molar-refractivity contribution in [3.05, 3.63) is 71.3 Å². The van der Waals surface area contributed by atoms with Crippen molar-refractivity contribution in [2.45, 2.75) is 44.5 Å². The van der Waals surface area contributed by atoms with Crippen LogP contribution in [0.5, 0.6) is 0 Å². The Morgan fingerprint density at radius 2 is 1.77 bits per heavy atom. The first kappa shape index (κ1) is 20.4. The fourth-order valence-corrected chi connectivity index (χ4v) is 4.66.